The molecule has 4 fully saturated rings. The van der Waals surface area contributed by atoms with E-state index in [2.05, 4.69) is 25.0 Å². The van der Waals surface area contributed by atoms with Crippen LogP contribution in [-0.4, -0.2) is 99.1 Å². The number of benzene rings is 2. The minimum atomic E-state index is -0.987. The number of piperidine rings is 2. The standard InChI is InChI=1S/C42H40FN9O5/c43-26-5-1-4-25(20-26)33-7-3-17-50(33)38-13-12-36-44-22-35(52(36)47-38)32-6-2-8-37(45-32)48-18-15-28(16-19-48)57-29-23-49(24-29)27-9-10-30-31(21-27)42(56)51(41(30)55)34-11-14-39(53)46-40(34)54/h1-2,4-6,8-10,12-13,20-22,28-29,33-34H,3,7,11,14-19,23-24H2,(H,46,53,54). The van der Waals surface area contributed by atoms with Gasteiger partial charge in [0.1, 0.15) is 29.2 Å². The van der Waals surface area contributed by atoms with Crippen LogP contribution in [-0.2, 0) is 14.3 Å². The zero-order valence-corrected chi connectivity index (χ0v) is 31.1. The van der Waals surface area contributed by atoms with E-state index in [-0.39, 0.29) is 48.0 Å². The number of fused-ring (bicyclic) bond motifs is 2. The summed E-state index contributed by atoms with van der Waals surface area (Å²) in [6, 6.07) is 21.1. The molecule has 0 bridgehead atoms. The summed E-state index contributed by atoms with van der Waals surface area (Å²) < 4.78 is 22.4. The van der Waals surface area contributed by atoms with Crippen molar-refractivity contribution in [2.24, 2.45) is 0 Å². The lowest BCUT2D eigenvalue weighted by molar-refractivity contribution is -0.136. The zero-order valence-electron chi connectivity index (χ0n) is 31.1. The Balaban J connectivity index is 0.755. The first-order chi connectivity index (χ1) is 27.8. The van der Waals surface area contributed by atoms with Gasteiger partial charge >= 0.3 is 0 Å². The van der Waals surface area contributed by atoms with Gasteiger partial charge in [-0.25, -0.2) is 18.9 Å². The molecule has 5 aliphatic rings. The summed E-state index contributed by atoms with van der Waals surface area (Å²) in [5.74, 6) is -0.563. The number of anilines is 3. The van der Waals surface area contributed by atoms with Crippen molar-refractivity contribution < 1.29 is 28.3 Å². The molecule has 0 spiro atoms. The lowest BCUT2D eigenvalue weighted by Gasteiger charge is -2.43. The molecule has 14 nitrogen and oxygen atoms in total. The third-order valence-corrected chi connectivity index (χ3v) is 11.9. The van der Waals surface area contributed by atoms with Gasteiger partial charge in [-0.15, -0.1) is 5.10 Å². The second-order valence-electron chi connectivity index (χ2n) is 15.4. The summed E-state index contributed by atoms with van der Waals surface area (Å²) in [4.78, 5) is 67.7. The molecule has 5 aliphatic heterocycles. The molecule has 4 saturated heterocycles. The molecular formula is C42H40FN9O5. The normalized spacial score (nSPS) is 21.8. The summed E-state index contributed by atoms with van der Waals surface area (Å²) in [5, 5.41) is 7.25. The van der Waals surface area contributed by atoms with Crippen molar-refractivity contribution in [3.8, 4) is 11.4 Å². The van der Waals surface area contributed by atoms with Crippen molar-refractivity contribution in [3.05, 3.63) is 102 Å². The van der Waals surface area contributed by atoms with E-state index in [0.717, 1.165) is 90.1 Å². The Morgan fingerprint density at radius 1 is 0.754 bits per heavy atom. The predicted molar refractivity (Wildman–Crippen MR) is 207 cm³/mol. The summed E-state index contributed by atoms with van der Waals surface area (Å²) in [7, 11) is 0. The fraction of sp³-hybridized carbons (Fsp3) is 0.357. The minimum Gasteiger partial charge on any atom is -0.371 e. The first-order valence-corrected chi connectivity index (χ1v) is 19.6. The van der Waals surface area contributed by atoms with Crippen molar-refractivity contribution in [2.75, 3.05) is 47.4 Å². The van der Waals surface area contributed by atoms with Gasteiger partial charge in [-0.1, -0.05) is 18.2 Å². The number of imidazole rings is 1. The quantitative estimate of drug-likeness (QED) is 0.222. The average molecular weight is 770 g/mol. The Labute approximate surface area is 327 Å². The van der Waals surface area contributed by atoms with Crippen molar-refractivity contribution in [3.63, 3.8) is 0 Å². The number of ether oxygens (including phenoxy) is 1. The number of rotatable bonds is 8. The van der Waals surface area contributed by atoms with Crippen LogP contribution < -0.4 is 20.0 Å². The molecule has 57 heavy (non-hydrogen) atoms. The van der Waals surface area contributed by atoms with Crippen LogP contribution >= 0.6 is 0 Å². The number of hydrogen-bond acceptors (Lipinski definition) is 11. The molecule has 0 saturated carbocycles. The summed E-state index contributed by atoms with van der Waals surface area (Å²) >= 11 is 0. The third-order valence-electron chi connectivity index (χ3n) is 11.9. The van der Waals surface area contributed by atoms with Gasteiger partial charge in [0.05, 0.1) is 41.3 Å². The van der Waals surface area contributed by atoms with Crippen molar-refractivity contribution >= 4 is 46.6 Å². The van der Waals surface area contributed by atoms with Gasteiger partial charge in [0.2, 0.25) is 11.8 Å². The molecule has 2 atom stereocenters. The van der Waals surface area contributed by atoms with Crippen molar-refractivity contribution in [2.45, 2.75) is 62.8 Å². The molecule has 4 amide bonds. The number of nitrogens with zero attached hydrogens (tertiary/aromatic N) is 8. The Hall–Kier alpha value is -6.22. The van der Waals surface area contributed by atoms with Crippen molar-refractivity contribution in [1.82, 2.24) is 29.8 Å². The van der Waals surface area contributed by atoms with Crippen molar-refractivity contribution in [1.29, 1.82) is 0 Å². The van der Waals surface area contributed by atoms with Gasteiger partial charge in [-0.05, 0) is 92.3 Å². The Kier molecular flexibility index (Phi) is 8.69. The van der Waals surface area contributed by atoms with Crippen LogP contribution in [0.5, 0.6) is 0 Å². The number of carbonyl (C=O) groups is 4. The van der Waals surface area contributed by atoms with Gasteiger partial charge in [-0.2, -0.15) is 0 Å². The summed E-state index contributed by atoms with van der Waals surface area (Å²) in [6.07, 6.45) is 5.82. The van der Waals surface area contributed by atoms with Gasteiger partial charge in [0, 0.05) is 44.8 Å². The van der Waals surface area contributed by atoms with E-state index in [1.54, 1.807) is 24.3 Å². The molecule has 10 rings (SSSR count). The lowest BCUT2D eigenvalue weighted by atomic mass is 10.0. The van der Waals surface area contributed by atoms with Crippen LogP contribution in [0.25, 0.3) is 17.0 Å². The zero-order chi connectivity index (χ0) is 38.8. The molecular weight excluding hydrogens is 730 g/mol. The third kappa shape index (κ3) is 6.35. The number of amides is 4. The molecule has 0 aliphatic carbocycles. The largest absolute Gasteiger partial charge is 0.371 e. The Morgan fingerprint density at radius 3 is 2.40 bits per heavy atom. The molecule has 290 valence electrons. The van der Waals surface area contributed by atoms with E-state index in [0.29, 0.717) is 13.1 Å². The molecule has 0 radical (unpaired) electrons. The maximum absolute atomic E-state index is 14.1. The van der Waals surface area contributed by atoms with E-state index in [4.69, 9.17) is 14.8 Å². The van der Waals surface area contributed by atoms with E-state index in [1.165, 1.54) is 6.07 Å². The number of hydrogen-bond donors (Lipinski definition) is 1. The van der Waals surface area contributed by atoms with E-state index in [9.17, 15) is 23.6 Å². The summed E-state index contributed by atoms with van der Waals surface area (Å²) in [6.45, 7) is 3.77. The topological polar surface area (TPSA) is 146 Å². The number of carbonyl (C=O) groups excluding carboxylic acids is 4. The molecule has 15 heteroatoms. The fourth-order valence-corrected chi connectivity index (χ4v) is 8.92. The SMILES string of the molecule is O=C1CCC(N2C(=O)c3ccc(N4CC(OC5CCN(c6cccc(-c7cnc8ccc(N9CCCC9c9cccc(F)c9)nn78)n6)CC5)C4)cc3C2=O)C(=O)N1. The number of imide groups is 2. The highest BCUT2D eigenvalue weighted by Gasteiger charge is 2.45. The van der Waals surface area contributed by atoms with Gasteiger partial charge < -0.3 is 19.4 Å². The highest BCUT2D eigenvalue weighted by molar-refractivity contribution is 6.23. The number of halogens is 1. The lowest BCUT2D eigenvalue weighted by Crippen LogP contribution is -2.54. The second-order valence-corrected chi connectivity index (χ2v) is 15.4. The smallest absolute Gasteiger partial charge is 0.262 e. The van der Waals surface area contributed by atoms with Crippen LogP contribution in [0.3, 0.4) is 0 Å². The van der Waals surface area contributed by atoms with E-state index >= 15 is 0 Å². The van der Waals surface area contributed by atoms with Gasteiger partial charge in [0.25, 0.3) is 11.8 Å². The molecule has 1 N–H and O–H groups in total. The number of aromatic nitrogens is 4. The maximum atomic E-state index is 14.1. The molecule has 2 unspecified atom stereocenters. The van der Waals surface area contributed by atoms with E-state index < -0.39 is 29.7 Å². The Morgan fingerprint density at radius 2 is 1.58 bits per heavy atom. The number of pyridine rings is 1. The van der Waals surface area contributed by atoms with Crippen LogP contribution in [0.1, 0.15) is 70.8 Å². The fourth-order valence-electron chi connectivity index (χ4n) is 8.92. The predicted octanol–water partition coefficient (Wildman–Crippen LogP) is 4.55. The van der Waals surface area contributed by atoms with Crippen LogP contribution in [0.2, 0.25) is 0 Å². The molecule has 3 aromatic heterocycles. The first kappa shape index (κ1) is 35.2. The van der Waals surface area contributed by atoms with Gasteiger partial charge in [-0.3, -0.25) is 29.4 Å². The second kappa shape index (κ2) is 14.1. The highest BCUT2D eigenvalue weighted by atomic mass is 19.1. The van der Waals surface area contributed by atoms with Crippen LogP contribution in [0, 0.1) is 5.82 Å². The molecule has 8 heterocycles. The van der Waals surface area contributed by atoms with E-state index in [1.807, 2.05) is 53.2 Å². The maximum Gasteiger partial charge on any atom is 0.262 e. The highest BCUT2D eigenvalue weighted by Crippen LogP contribution is 2.37. The average Bonchev–Trinajstić information content (AvgIpc) is 3.93. The minimum absolute atomic E-state index is 0.0470. The van der Waals surface area contributed by atoms with Gasteiger partial charge in [0.15, 0.2) is 5.65 Å². The molecule has 2 aromatic carbocycles. The monoisotopic (exact) mass is 769 g/mol. The summed E-state index contributed by atoms with van der Waals surface area (Å²) in [5.41, 5.74) is 4.63. The molecule has 5 aromatic rings. The Bertz CT molecular complexity index is 2440. The number of nitrogens with one attached hydrogen (secondary N) is 1. The van der Waals surface area contributed by atoms with Crippen LogP contribution in [0.15, 0.2) is 79.0 Å². The van der Waals surface area contributed by atoms with Crippen LogP contribution in [0.4, 0.5) is 21.7 Å². The first-order valence-electron chi connectivity index (χ1n) is 19.6.